The van der Waals surface area contributed by atoms with Crippen molar-refractivity contribution in [1.82, 2.24) is 0 Å². The van der Waals surface area contributed by atoms with Crippen LogP contribution in [0.3, 0.4) is 0 Å². The van der Waals surface area contributed by atoms with Gasteiger partial charge in [-0.05, 0) is 46.1 Å². The van der Waals surface area contributed by atoms with Crippen LogP contribution in [0, 0.1) is 6.92 Å². The molecule has 0 fully saturated rings. The number of hydrogen-bond acceptors (Lipinski definition) is 3. The molecule has 0 atom stereocenters. The normalized spacial score (nSPS) is 13.0. The van der Waals surface area contributed by atoms with E-state index in [0.717, 1.165) is 15.6 Å². The van der Waals surface area contributed by atoms with E-state index < -0.39 is 0 Å². The van der Waals surface area contributed by atoms with Gasteiger partial charge in [0.2, 0.25) is 0 Å². The van der Waals surface area contributed by atoms with Crippen LogP contribution in [0.15, 0.2) is 40.9 Å². The van der Waals surface area contributed by atoms with Gasteiger partial charge in [0.25, 0.3) is 0 Å². The molecule has 0 aliphatic carbocycles. The molecule has 108 valence electrons. The molecule has 2 aromatic rings. The van der Waals surface area contributed by atoms with Crippen molar-refractivity contribution in [1.29, 1.82) is 0 Å². The zero-order valence-electron chi connectivity index (χ0n) is 11.7. The number of hydrogen-bond donors (Lipinski definition) is 0. The number of halogens is 1. The number of aryl methyl sites for hydroxylation is 1. The lowest BCUT2D eigenvalue weighted by Gasteiger charge is -2.19. The van der Waals surface area contributed by atoms with Crippen LogP contribution in [-0.4, -0.2) is 19.0 Å². The maximum absolute atomic E-state index is 12.5. The smallest absolute Gasteiger partial charge is 0.168 e. The molecule has 1 heterocycles. The van der Waals surface area contributed by atoms with Gasteiger partial charge in [-0.3, -0.25) is 4.79 Å². The van der Waals surface area contributed by atoms with Gasteiger partial charge in [-0.15, -0.1) is 0 Å². The molecule has 0 radical (unpaired) electrons. The highest BCUT2D eigenvalue weighted by molar-refractivity contribution is 9.10. The van der Waals surface area contributed by atoms with E-state index in [-0.39, 0.29) is 5.78 Å². The van der Waals surface area contributed by atoms with Gasteiger partial charge >= 0.3 is 0 Å². The lowest BCUT2D eigenvalue weighted by Crippen LogP contribution is -2.16. The number of carbonyl (C=O) groups excluding carboxylic acids is 1. The Morgan fingerprint density at radius 1 is 1.14 bits per heavy atom. The minimum absolute atomic E-state index is 0.0631. The Kier molecular flexibility index (Phi) is 3.97. The van der Waals surface area contributed by atoms with E-state index in [2.05, 4.69) is 15.9 Å². The summed E-state index contributed by atoms with van der Waals surface area (Å²) < 4.78 is 11.8. The fourth-order valence-corrected chi connectivity index (χ4v) is 2.90. The topological polar surface area (TPSA) is 35.5 Å². The Hall–Kier alpha value is -1.81. The van der Waals surface area contributed by atoms with Crippen molar-refractivity contribution in [2.45, 2.75) is 13.3 Å². The predicted molar refractivity (Wildman–Crippen MR) is 84.3 cm³/mol. The third-order valence-electron chi connectivity index (χ3n) is 3.54. The van der Waals surface area contributed by atoms with Crippen molar-refractivity contribution in [3.63, 3.8) is 0 Å². The van der Waals surface area contributed by atoms with Crippen molar-refractivity contribution in [2.24, 2.45) is 0 Å². The summed E-state index contributed by atoms with van der Waals surface area (Å²) in [7, 11) is 0. The highest BCUT2D eigenvalue weighted by atomic mass is 79.9. The van der Waals surface area contributed by atoms with E-state index in [4.69, 9.17) is 9.47 Å². The molecule has 0 saturated heterocycles. The van der Waals surface area contributed by atoms with Crippen LogP contribution >= 0.6 is 15.9 Å². The number of ether oxygens (including phenoxy) is 2. The molecule has 0 amide bonds. The van der Waals surface area contributed by atoms with E-state index in [9.17, 15) is 4.79 Å². The van der Waals surface area contributed by atoms with Gasteiger partial charge in [-0.1, -0.05) is 24.3 Å². The first-order valence-corrected chi connectivity index (χ1v) is 7.61. The van der Waals surface area contributed by atoms with Gasteiger partial charge < -0.3 is 9.47 Å². The average Bonchev–Trinajstić information content (AvgIpc) is 2.49. The van der Waals surface area contributed by atoms with Gasteiger partial charge in [0.1, 0.15) is 13.2 Å². The highest BCUT2D eigenvalue weighted by Crippen LogP contribution is 2.36. The van der Waals surface area contributed by atoms with Crippen LogP contribution in [-0.2, 0) is 6.42 Å². The van der Waals surface area contributed by atoms with Crippen molar-refractivity contribution >= 4 is 21.7 Å². The third kappa shape index (κ3) is 2.95. The Bertz CT molecular complexity index is 694. The molecule has 4 heteroatoms. The molecular weight excluding hydrogens is 332 g/mol. The molecular formula is C17H15BrO3. The van der Waals surface area contributed by atoms with Gasteiger partial charge in [-0.25, -0.2) is 0 Å². The quantitative estimate of drug-likeness (QED) is 0.789. The van der Waals surface area contributed by atoms with Crippen LogP contribution in [0.1, 0.15) is 21.5 Å². The fourth-order valence-electron chi connectivity index (χ4n) is 2.35. The molecule has 1 aliphatic heterocycles. The molecule has 3 rings (SSSR count). The molecule has 0 N–H and O–H groups in total. The second kappa shape index (κ2) is 5.90. The second-order valence-electron chi connectivity index (χ2n) is 5.00. The molecule has 0 bridgehead atoms. The average molecular weight is 347 g/mol. The lowest BCUT2D eigenvalue weighted by atomic mass is 9.99. The van der Waals surface area contributed by atoms with Crippen molar-refractivity contribution < 1.29 is 14.3 Å². The number of ketones is 1. The molecule has 0 saturated carbocycles. The largest absolute Gasteiger partial charge is 0.486 e. The van der Waals surface area contributed by atoms with Crippen molar-refractivity contribution in [3.05, 3.63) is 57.6 Å². The SMILES string of the molecule is Cc1ccccc1CC(=O)c1cc2c(cc1Br)OCCO2. The zero-order chi connectivity index (χ0) is 14.8. The molecule has 0 unspecified atom stereocenters. The van der Waals surface area contributed by atoms with E-state index in [1.165, 1.54) is 0 Å². The van der Waals surface area contributed by atoms with Crippen molar-refractivity contribution in [2.75, 3.05) is 13.2 Å². The number of fused-ring (bicyclic) bond motifs is 1. The molecule has 3 nitrogen and oxygen atoms in total. The van der Waals surface area contributed by atoms with Crippen molar-refractivity contribution in [3.8, 4) is 11.5 Å². The lowest BCUT2D eigenvalue weighted by molar-refractivity contribution is 0.0990. The number of Topliss-reactive ketones (excluding diaryl/α,β-unsaturated/α-hetero) is 1. The van der Waals surface area contributed by atoms with E-state index in [1.54, 1.807) is 12.1 Å². The zero-order valence-corrected chi connectivity index (χ0v) is 13.3. The maximum Gasteiger partial charge on any atom is 0.168 e. The Morgan fingerprint density at radius 2 is 1.81 bits per heavy atom. The summed E-state index contributed by atoms with van der Waals surface area (Å²) in [5.41, 5.74) is 2.80. The Morgan fingerprint density at radius 3 is 2.52 bits per heavy atom. The second-order valence-corrected chi connectivity index (χ2v) is 5.86. The first-order valence-electron chi connectivity index (χ1n) is 6.82. The molecule has 21 heavy (non-hydrogen) atoms. The van der Waals surface area contributed by atoms with Gasteiger partial charge in [0.15, 0.2) is 17.3 Å². The van der Waals surface area contributed by atoms with Crippen LogP contribution < -0.4 is 9.47 Å². The number of carbonyl (C=O) groups is 1. The third-order valence-corrected chi connectivity index (χ3v) is 4.20. The van der Waals surface area contributed by atoms with Crippen LogP contribution in [0.4, 0.5) is 0 Å². The van der Waals surface area contributed by atoms with E-state index in [1.807, 2.05) is 31.2 Å². The standard InChI is InChI=1S/C17H15BrO3/c1-11-4-2-3-5-12(11)8-15(19)13-9-16-17(10-14(13)18)21-7-6-20-16/h2-5,9-10H,6-8H2,1H3. The molecule has 0 aromatic heterocycles. The number of benzene rings is 2. The predicted octanol–water partition coefficient (Wildman–Crippen LogP) is 3.95. The monoisotopic (exact) mass is 346 g/mol. The van der Waals surface area contributed by atoms with Crippen LogP contribution in [0.5, 0.6) is 11.5 Å². The van der Waals surface area contributed by atoms with Crippen LogP contribution in [0.25, 0.3) is 0 Å². The van der Waals surface area contributed by atoms with Gasteiger partial charge in [0.05, 0.1) is 0 Å². The summed E-state index contributed by atoms with van der Waals surface area (Å²) in [6.07, 6.45) is 0.380. The van der Waals surface area contributed by atoms with Gasteiger partial charge in [0, 0.05) is 16.5 Å². The summed E-state index contributed by atoms with van der Waals surface area (Å²) >= 11 is 3.45. The minimum atomic E-state index is 0.0631. The fraction of sp³-hybridized carbons (Fsp3) is 0.235. The summed E-state index contributed by atoms with van der Waals surface area (Å²) in [5.74, 6) is 1.38. The Balaban J connectivity index is 1.89. The maximum atomic E-state index is 12.5. The first-order chi connectivity index (χ1) is 10.1. The number of rotatable bonds is 3. The molecule has 0 spiro atoms. The molecule has 1 aliphatic rings. The summed E-state index contributed by atoms with van der Waals surface area (Å²) in [6.45, 7) is 3.07. The summed E-state index contributed by atoms with van der Waals surface area (Å²) in [4.78, 5) is 12.5. The summed E-state index contributed by atoms with van der Waals surface area (Å²) in [6, 6.07) is 11.5. The Labute approximate surface area is 132 Å². The summed E-state index contributed by atoms with van der Waals surface area (Å²) in [5, 5.41) is 0. The first kappa shape index (κ1) is 14.1. The van der Waals surface area contributed by atoms with E-state index in [0.29, 0.717) is 36.7 Å². The van der Waals surface area contributed by atoms with Crippen LogP contribution in [0.2, 0.25) is 0 Å². The molecule has 2 aromatic carbocycles. The minimum Gasteiger partial charge on any atom is -0.486 e. The van der Waals surface area contributed by atoms with E-state index >= 15 is 0 Å². The van der Waals surface area contributed by atoms with Gasteiger partial charge in [-0.2, -0.15) is 0 Å². The highest BCUT2D eigenvalue weighted by Gasteiger charge is 2.19.